The first-order valence-electron chi connectivity index (χ1n) is 9.43. The number of nitrogens with zero attached hydrogens (tertiary/aromatic N) is 2. The van der Waals surface area contributed by atoms with Gasteiger partial charge in [0.25, 0.3) is 5.91 Å². The molecule has 0 fully saturated rings. The van der Waals surface area contributed by atoms with Crippen LogP contribution in [0, 0.1) is 6.92 Å². The zero-order valence-electron chi connectivity index (χ0n) is 16.5. The SMILES string of the molecule is Cc1nc(COc2ccc(C(=O)Nc3ccc(Oc4ccccc4Cl)cc3)cc2)no1. The summed E-state index contributed by atoms with van der Waals surface area (Å²) in [4.78, 5) is 16.6. The van der Waals surface area contributed by atoms with Gasteiger partial charge in [0.05, 0.1) is 5.02 Å². The third kappa shape index (κ3) is 5.40. The lowest BCUT2D eigenvalue weighted by Gasteiger charge is -2.09. The number of anilines is 1. The Balaban J connectivity index is 1.33. The minimum Gasteiger partial charge on any atom is -0.485 e. The van der Waals surface area contributed by atoms with Gasteiger partial charge in [-0.05, 0) is 60.7 Å². The highest BCUT2D eigenvalue weighted by Crippen LogP contribution is 2.29. The molecule has 0 atom stereocenters. The lowest BCUT2D eigenvalue weighted by molar-refractivity contribution is 0.102. The second-order valence-electron chi connectivity index (χ2n) is 6.55. The fraction of sp³-hybridized carbons (Fsp3) is 0.0870. The fourth-order valence-corrected chi connectivity index (χ4v) is 2.89. The summed E-state index contributed by atoms with van der Waals surface area (Å²) in [5.41, 5.74) is 1.14. The van der Waals surface area contributed by atoms with E-state index in [0.29, 0.717) is 45.2 Å². The van der Waals surface area contributed by atoms with Crippen molar-refractivity contribution in [3.8, 4) is 17.2 Å². The smallest absolute Gasteiger partial charge is 0.255 e. The van der Waals surface area contributed by atoms with Crippen molar-refractivity contribution in [1.29, 1.82) is 0 Å². The maximum Gasteiger partial charge on any atom is 0.255 e. The van der Waals surface area contributed by atoms with Crippen LogP contribution in [0.15, 0.2) is 77.3 Å². The average Bonchev–Trinajstić information content (AvgIpc) is 3.21. The second-order valence-corrected chi connectivity index (χ2v) is 6.96. The van der Waals surface area contributed by atoms with Crippen LogP contribution in [0.3, 0.4) is 0 Å². The molecular formula is C23H18ClN3O4. The van der Waals surface area contributed by atoms with Gasteiger partial charge in [-0.2, -0.15) is 4.98 Å². The van der Waals surface area contributed by atoms with E-state index in [1.54, 1.807) is 67.6 Å². The molecule has 0 aliphatic carbocycles. The number of carbonyl (C=O) groups is 1. The van der Waals surface area contributed by atoms with E-state index in [1.165, 1.54) is 0 Å². The van der Waals surface area contributed by atoms with E-state index < -0.39 is 0 Å². The van der Waals surface area contributed by atoms with Crippen LogP contribution in [0.1, 0.15) is 22.1 Å². The average molecular weight is 436 g/mol. The van der Waals surface area contributed by atoms with E-state index in [9.17, 15) is 4.79 Å². The molecule has 7 nitrogen and oxygen atoms in total. The maximum absolute atomic E-state index is 12.5. The van der Waals surface area contributed by atoms with E-state index in [0.717, 1.165) is 0 Å². The Morgan fingerprint density at radius 1 is 1.00 bits per heavy atom. The highest BCUT2D eigenvalue weighted by Gasteiger charge is 2.08. The molecule has 1 heterocycles. The topological polar surface area (TPSA) is 86.5 Å². The first-order chi connectivity index (χ1) is 15.1. The first-order valence-corrected chi connectivity index (χ1v) is 9.80. The monoisotopic (exact) mass is 435 g/mol. The zero-order valence-corrected chi connectivity index (χ0v) is 17.3. The predicted octanol–water partition coefficient (Wildman–Crippen LogP) is 5.66. The number of aryl methyl sites for hydroxylation is 1. The number of hydrogen-bond donors (Lipinski definition) is 1. The van der Waals surface area contributed by atoms with Crippen molar-refractivity contribution >= 4 is 23.2 Å². The van der Waals surface area contributed by atoms with Crippen molar-refractivity contribution in [1.82, 2.24) is 10.1 Å². The maximum atomic E-state index is 12.5. The summed E-state index contributed by atoms with van der Waals surface area (Å²) in [6.45, 7) is 1.90. The van der Waals surface area contributed by atoms with Crippen LogP contribution in [0.5, 0.6) is 17.2 Å². The number of ether oxygens (including phenoxy) is 2. The lowest BCUT2D eigenvalue weighted by Crippen LogP contribution is -2.11. The number of aromatic nitrogens is 2. The molecule has 156 valence electrons. The number of benzene rings is 3. The summed E-state index contributed by atoms with van der Waals surface area (Å²) in [5, 5.41) is 7.14. The van der Waals surface area contributed by atoms with Crippen LogP contribution in [0.2, 0.25) is 5.02 Å². The number of halogens is 1. The van der Waals surface area contributed by atoms with E-state index >= 15 is 0 Å². The number of amides is 1. The molecule has 0 bridgehead atoms. The van der Waals surface area contributed by atoms with Gasteiger partial charge in [-0.1, -0.05) is 28.9 Å². The molecular weight excluding hydrogens is 418 g/mol. The molecule has 1 amide bonds. The van der Waals surface area contributed by atoms with Crippen LogP contribution in [0.4, 0.5) is 5.69 Å². The zero-order chi connectivity index (χ0) is 21.6. The van der Waals surface area contributed by atoms with Crippen molar-refractivity contribution in [2.45, 2.75) is 13.5 Å². The standard InChI is InChI=1S/C23H18ClN3O4/c1-15-25-22(27-31-15)14-29-18-10-6-16(7-11-18)23(28)26-17-8-12-19(13-9-17)30-21-5-3-2-4-20(21)24/h2-13H,14H2,1H3,(H,26,28). The van der Waals surface area contributed by atoms with E-state index in [-0.39, 0.29) is 12.5 Å². The van der Waals surface area contributed by atoms with Gasteiger partial charge in [0.2, 0.25) is 11.7 Å². The van der Waals surface area contributed by atoms with Gasteiger partial charge < -0.3 is 19.3 Å². The molecule has 4 rings (SSSR count). The molecule has 8 heteroatoms. The molecule has 0 radical (unpaired) electrons. The third-order valence-corrected chi connectivity index (χ3v) is 4.54. The number of rotatable bonds is 7. The fourth-order valence-electron chi connectivity index (χ4n) is 2.71. The molecule has 1 aromatic heterocycles. The van der Waals surface area contributed by atoms with Gasteiger partial charge >= 0.3 is 0 Å². The van der Waals surface area contributed by atoms with Gasteiger partial charge in [-0.15, -0.1) is 0 Å². The summed E-state index contributed by atoms with van der Waals surface area (Å²) >= 11 is 6.10. The highest BCUT2D eigenvalue weighted by molar-refractivity contribution is 6.32. The summed E-state index contributed by atoms with van der Waals surface area (Å²) in [6.07, 6.45) is 0. The molecule has 0 saturated heterocycles. The molecule has 1 N–H and O–H groups in total. The van der Waals surface area contributed by atoms with Gasteiger partial charge in [0.1, 0.15) is 17.2 Å². The van der Waals surface area contributed by atoms with Gasteiger partial charge in [-0.25, -0.2) is 0 Å². The van der Waals surface area contributed by atoms with Crippen molar-refractivity contribution in [3.63, 3.8) is 0 Å². The normalized spacial score (nSPS) is 10.5. The predicted molar refractivity (Wildman–Crippen MR) is 116 cm³/mol. The number of nitrogens with one attached hydrogen (secondary N) is 1. The van der Waals surface area contributed by atoms with Crippen LogP contribution < -0.4 is 14.8 Å². The van der Waals surface area contributed by atoms with E-state index in [1.807, 2.05) is 12.1 Å². The van der Waals surface area contributed by atoms with Crippen LogP contribution >= 0.6 is 11.6 Å². The van der Waals surface area contributed by atoms with Gasteiger partial charge in [0, 0.05) is 18.2 Å². The molecule has 0 spiro atoms. The Labute approximate surface area is 183 Å². The number of carbonyl (C=O) groups excluding carboxylic acids is 1. The Kier molecular flexibility index (Phi) is 6.14. The van der Waals surface area contributed by atoms with Crippen LogP contribution in [-0.4, -0.2) is 16.0 Å². The Morgan fingerprint density at radius 3 is 2.39 bits per heavy atom. The minimum atomic E-state index is -0.236. The van der Waals surface area contributed by atoms with Crippen LogP contribution in [0.25, 0.3) is 0 Å². The van der Waals surface area contributed by atoms with Crippen molar-refractivity contribution in [2.24, 2.45) is 0 Å². The Bertz CT molecular complexity index is 1170. The van der Waals surface area contributed by atoms with Gasteiger partial charge in [-0.3, -0.25) is 4.79 Å². The quantitative estimate of drug-likeness (QED) is 0.403. The van der Waals surface area contributed by atoms with E-state index in [4.69, 9.17) is 25.6 Å². The summed E-state index contributed by atoms with van der Waals surface area (Å²) in [5.74, 6) is 2.48. The molecule has 0 saturated carbocycles. The summed E-state index contributed by atoms with van der Waals surface area (Å²) in [6, 6.07) is 21.0. The third-order valence-electron chi connectivity index (χ3n) is 4.23. The molecule has 0 aliphatic heterocycles. The van der Waals surface area contributed by atoms with Crippen LogP contribution in [-0.2, 0) is 6.61 Å². The first kappa shape index (κ1) is 20.4. The number of para-hydroxylation sites is 1. The molecule has 0 unspecified atom stereocenters. The highest BCUT2D eigenvalue weighted by atomic mass is 35.5. The largest absolute Gasteiger partial charge is 0.485 e. The van der Waals surface area contributed by atoms with Gasteiger partial charge in [0.15, 0.2) is 6.61 Å². The van der Waals surface area contributed by atoms with E-state index in [2.05, 4.69) is 15.5 Å². The minimum absolute atomic E-state index is 0.186. The van der Waals surface area contributed by atoms with Crippen molar-refractivity contribution < 1.29 is 18.8 Å². The Morgan fingerprint density at radius 2 is 1.71 bits per heavy atom. The molecule has 31 heavy (non-hydrogen) atoms. The molecule has 0 aliphatic rings. The van der Waals surface area contributed by atoms with Crippen molar-refractivity contribution in [2.75, 3.05) is 5.32 Å². The van der Waals surface area contributed by atoms with Crippen molar-refractivity contribution in [3.05, 3.63) is 95.1 Å². The molecule has 3 aromatic carbocycles. The Hall–Kier alpha value is -3.84. The second kappa shape index (κ2) is 9.32. The lowest BCUT2D eigenvalue weighted by atomic mass is 10.2. The summed E-state index contributed by atoms with van der Waals surface area (Å²) in [7, 11) is 0. The molecule has 4 aromatic rings. The summed E-state index contributed by atoms with van der Waals surface area (Å²) < 4.78 is 16.2. The number of hydrogen-bond acceptors (Lipinski definition) is 6.